The molecule has 0 saturated carbocycles. The molecule has 5 heterocycles. The van der Waals surface area contributed by atoms with Gasteiger partial charge in [-0.25, -0.2) is 13.4 Å². The minimum absolute atomic E-state index is 0.123. The largest absolute Gasteiger partial charge is 0.310 e. The maximum absolute atomic E-state index is 12.9. The summed E-state index contributed by atoms with van der Waals surface area (Å²) < 4.78 is 28.5. The Bertz CT molecular complexity index is 1320. The molecule has 0 aliphatic carbocycles. The Morgan fingerprint density at radius 2 is 2.03 bits per heavy atom. The number of nitrogens with one attached hydrogen (secondary N) is 1. The smallest absolute Gasteiger partial charge is 0.275 e. The highest BCUT2D eigenvalue weighted by Gasteiger charge is 2.27. The van der Waals surface area contributed by atoms with E-state index in [2.05, 4.69) is 30.0 Å². The maximum Gasteiger partial charge on any atom is 0.275 e. The van der Waals surface area contributed by atoms with E-state index >= 15 is 0 Å². The zero-order chi connectivity index (χ0) is 23.0. The second kappa shape index (κ2) is 8.64. The van der Waals surface area contributed by atoms with E-state index < -0.39 is 15.9 Å². The number of rotatable bonds is 6. The van der Waals surface area contributed by atoms with Crippen molar-refractivity contribution < 1.29 is 13.2 Å². The van der Waals surface area contributed by atoms with Crippen LogP contribution in [0.15, 0.2) is 30.5 Å². The van der Waals surface area contributed by atoms with E-state index in [0.29, 0.717) is 36.7 Å². The molecule has 1 amide bonds. The van der Waals surface area contributed by atoms with Crippen LogP contribution in [0.4, 0.5) is 5.82 Å². The average molecular weight is 468 g/mol. The van der Waals surface area contributed by atoms with Gasteiger partial charge >= 0.3 is 0 Å². The number of hydrogen-bond acceptors (Lipinski definition) is 7. The molecule has 0 atom stereocenters. The van der Waals surface area contributed by atoms with Crippen LogP contribution >= 0.6 is 0 Å². The molecular weight excluding hydrogens is 442 g/mol. The van der Waals surface area contributed by atoms with Crippen LogP contribution in [0.1, 0.15) is 47.2 Å². The molecule has 2 aliphatic rings. The van der Waals surface area contributed by atoms with Crippen molar-refractivity contribution in [3.05, 3.63) is 53.1 Å². The van der Waals surface area contributed by atoms with Crippen molar-refractivity contribution in [2.45, 2.75) is 45.7 Å². The number of nitrogens with zero attached hydrogens (tertiary/aromatic N) is 6. The lowest BCUT2D eigenvalue weighted by Crippen LogP contribution is -2.37. The van der Waals surface area contributed by atoms with Crippen molar-refractivity contribution in [1.82, 2.24) is 29.0 Å². The summed E-state index contributed by atoms with van der Waals surface area (Å²) in [5.74, 6) is 1.76. The van der Waals surface area contributed by atoms with Crippen molar-refractivity contribution in [1.29, 1.82) is 0 Å². The summed E-state index contributed by atoms with van der Waals surface area (Å²) >= 11 is 0. The third kappa shape index (κ3) is 4.25. The molecule has 10 nitrogen and oxygen atoms in total. The van der Waals surface area contributed by atoms with Gasteiger partial charge in [-0.2, -0.15) is 4.31 Å². The number of sulfonamides is 1. The number of hydrogen-bond donors (Lipinski definition) is 1. The van der Waals surface area contributed by atoms with Gasteiger partial charge in [0, 0.05) is 32.3 Å². The van der Waals surface area contributed by atoms with Gasteiger partial charge in [-0.15, -0.1) is 10.2 Å². The van der Waals surface area contributed by atoms with Gasteiger partial charge < -0.3 is 9.88 Å². The van der Waals surface area contributed by atoms with E-state index in [9.17, 15) is 13.2 Å². The standard InChI is InChI=1S/C22H25N7O3S/c1-2-11-33(31,32)28-10-8-15-13-23-18(12-16(15)14-28)22(30)25-19-6-3-5-17(24-19)21-27-26-20-7-4-9-29(20)21/h3,5-6,12-13H,2,4,7-11,14H2,1H3,(H,24,25,30). The SMILES string of the molecule is CCCS(=O)(=O)N1CCc2cnc(C(=O)Nc3cccc(-c4nnc5n4CCC5)n3)cc2C1. The molecule has 5 rings (SSSR count). The summed E-state index contributed by atoms with van der Waals surface area (Å²) in [7, 11) is -3.30. The van der Waals surface area contributed by atoms with E-state index in [1.165, 1.54) is 4.31 Å². The molecule has 0 saturated heterocycles. The predicted octanol–water partition coefficient (Wildman–Crippen LogP) is 2.03. The molecule has 1 N–H and O–H groups in total. The molecule has 3 aromatic heterocycles. The predicted molar refractivity (Wildman–Crippen MR) is 122 cm³/mol. The first-order chi connectivity index (χ1) is 15.9. The fraction of sp³-hybridized carbons (Fsp3) is 0.409. The summed E-state index contributed by atoms with van der Waals surface area (Å²) in [6.45, 7) is 3.40. The molecular formula is C22H25N7O3S. The topological polar surface area (TPSA) is 123 Å². The van der Waals surface area contributed by atoms with Gasteiger partial charge in [0.05, 0.1) is 5.75 Å². The van der Waals surface area contributed by atoms with E-state index in [4.69, 9.17) is 0 Å². The number of amides is 1. The van der Waals surface area contributed by atoms with E-state index in [0.717, 1.165) is 36.3 Å². The van der Waals surface area contributed by atoms with E-state index in [-0.39, 0.29) is 18.0 Å². The van der Waals surface area contributed by atoms with Crippen molar-refractivity contribution in [2.24, 2.45) is 0 Å². The first-order valence-electron chi connectivity index (χ1n) is 11.1. The Morgan fingerprint density at radius 3 is 2.88 bits per heavy atom. The van der Waals surface area contributed by atoms with Gasteiger partial charge in [-0.05, 0) is 48.6 Å². The van der Waals surface area contributed by atoms with Crippen molar-refractivity contribution in [3.63, 3.8) is 0 Å². The first kappa shape index (κ1) is 21.7. The Morgan fingerprint density at radius 1 is 1.15 bits per heavy atom. The van der Waals surface area contributed by atoms with Gasteiger partial charge in [0.25, 0.3) is 5.91 Å². The van der Waals surface area contributed by atoms with Crippen LogP contribution in [0.3, 0.4) is 0 Å². The number of aryl methyl sites for hydroxylation is 1. The summed E-state index contributed by atoms with van der Waals surface area (Å²) in [6.07, 6.45) is 4.76. The van der Waals surface area contributed by atoms with Gasteiger partial charge in [0.2, 0.25) is 10.0 Å². The number of carbonyl (C=O) groups excluding carboxylic acids is 1. The van der Waals surface area contributed by atoms with Crippen molar-refractivity contribution in [3.8, 4) is 11.5 Å². The third-order valence-corrected chi connectivity index (χ3v) is 8.00. The first-order valence-corrected chi connectivity index (χ1v) is 12.7. The summed E-state index contributed by atoms with van der Waals surface area (Å²) in [5, 5.41) is 11.3. The molecule has 0 unspecified atom stereocenters. The van der Waals surface area contributed by atoms with Crippen LogP contribution in [0.2, 0.25) is 0 Å². The summed E-state index contributed by atoms with van der Waals surface area (Å²) in [5.41, 5.74) is 2.64. The van der Waals surface area contributed by atoms with E-state index in [1.807, 2.05) is 19.1 Å². The Hall–Kier alpha value is -3.18. The van der Waals surface area contributed by atoms with Crippen LogP contribution in [0.5, 0.6) is 0 Å². The van der Waals surface area contributed by atoms with Crippen LogP contribution in [-0.2, 0) is 36.0 Å². The highest BCUT2D eigenvalue weighted by Crippen LogP contribution is 2.24. The zero-order valence-corrected chi connectivity index (χ0v) is 19.2. The molecule has 172 valence electrons. The Balaban J connectivity index is 1.34. The number of fused-ring (bicyclic) bond motifs is 2. The maximum atomic E-state index is 12.9. The molecule has 2 aliphatic heterocycles. The number of anilines is 1. The minimum atomic E-state index is -3.30. The lowest BCUT2D eigenvalue weighted by atomic mass is 10.0. The van der Waals surface area contributed by atoms with Gasteiger partial charge in [-0.1, -0.05) is 13.0 Å². The molecule has 0 bridgehead atoms. The Labute approximate surface area is 192 Å². The molecule has 11 heteroatoms. The molecule has 3 aromatic rings. The Kier molecular flexibility index (Phi) is 5.67. The van der Waals surface area contributed by atoms with Crippen LogP contribution < -0.4 is 5.32 Å². The highest BCUT2D eigenvalue weighted by atomic mass is 32.2. The molecule has 0 radical (unpaired) electrons. The van der Waals surface area contributed by atoms with Crippen LogP contribution in [0, 0.1) is 0 Å². The second-order valence-corrected chi connectivity index (χ2v) is 10.4. The van der Waals surface area contributed by atoms with E-state index in [1.54, 1.807) is 18.3 Å². The average Bonchev–Trinajstić information content (AvgIpc) is 3.42. The van der Waals surface area contributed by atoms with Crippen LogP contribution in [-0.4, -0.2) is 55.7 Å². The molecule has 0 fully saturated rings. The van der Waals surface area contributed by atoms with Gasteiger partial charge in [0.1, 0.15) is 23.0 Å². The number of pyridine rings is 2. The van der Waals surface area contributed by atoms with Crippen molar-refractivity contribution >= 4 is 21.7 Å². The minimum Gasteiger partial charge on any atom is -0.310 e. The quantitative estimate of drug-likeness (QED) is 0.588. The molecule has 0 aromatic carbocycles. The monoisotopic (exact) mass is 467 g/mol. The molecule has 33 heavy (non-hydrogen) atoms. The summed E-state index contributed by atoms with van der Waals surface area (Å²) in [4.78, 5) is 21.7. The zero-order valence-electron chi connectivity index (χ0n) is 18.4. The third-order valence-electron chi connectivity index (χ3n) is 5.98. The lowest BCUT2D eigenvalue weighted by molar-refractivity contribution is 0.102. The fourth-order valence-corrected chi connectivity index (χ4v) is 5.79. The van der Waals surface area contributed by atoms with Crippen molar-refractivity contribution in [2.75, 3.05) is 17.6 Å². The number of carbonyl (C=O) groups is 1. The fourth-order valence-electron chi connectivity index (χ4n) is 4.31. The molecule has 0 spiro atoms. The second-order valence-electron chi connectivity index (χ2n) is 8.30. The lowest BCUT2D eigenvalue weighted by Gasteiger charge is -2.28. The van der Waals surface area contributed by atoms with Gasteiger partial charge in [-0.3, -0.25) is 9.78 Å². The van der Waals surface area contributed by atoms with Crippen LogP contribution in [0.25, 0.3) is 11.5 Å². The highest BCUT2D eigenvalue weighted by molar-refractivity contribution is 7.89. The normalized spacial score (nSPS) is 15.8. The number of aromatic nitrogens is 5. The van der Waals surface area contributed by atoms with Gasteiger partial charge in [0.15, 0.2) is 5.82 Å². The summed E-state index contributed by atoms with van der Waals surface area (Å²) in [6, 6.07) is 7.03.